The molecule has 2 nitrogen and oxygen atoms in total. The summed E-state index contributed by atoms with van der Waals surface area (Å²) in [6.07, 6.45) is 2.39. The summed E-state index contributed by atoms with van der Waals surface area (Å²) < 4.78 is 0. The molecule has 16 heavy (non-hydrogen) atoms. The molecule has 0 aliphatic carbocycles. The topological polar surface area (TPSA) is 24.9 Å². The zero-order valence-corrected chi connectivity index (χ0v) is 11.7. The van der Waals surface area contributed by atoms with Gasteiger partial charge in [0.05, 0.1) is 16.7 Å². The number of hydrogen-bond acceptors (Lipinski definition) is 4. The molecule has 0 bridgehead atoms. The SMILES string of the molecule is CC(C)CCc1nc(C2CSCCN2)cs1. The molecule has 1 fully saturated rings. The van der Waals surface area contributed by atoms with Crippen molar-refractivity contribution in [3.8, 4) is 0 Å². The van der Waals surface area contributed by atoms with Gasteiger partial charge in [0.2, 0.25) is 0 Å². The number of thioether (sulfide) groups is 1. The van der Waals surface area contributed by atoms with E-state index >= 15 is 0 Å². The van der Waals surface area contributed by atoms with E-state index in [1.807, 2.05) is 23.1 Å². The highest BCUT2D eigenvalue weighted by Crippen LogP contribution is 2.24. The highest BCUT2D eigenvalue weighted by atomic mass is 32.2. The minimum Gasteiger partial charge on any atom is -0.307 e. The Morgan fingerprint density at radius 2 is 2.44 bits per heavy atom. The van der Waals surface area contributed by atoms with Crippen molar-refractivity contribution in [2.75, 3.05) is 18.1 Å². The standard InChI is InChI=1S/C12H20N2S2/c1-9(2)3-4-12-14-11(8-16-12)10-7-15-6-5-13-10/h8-10,13H,3-7H2,1-2H3. The lowest BCUT2D eigenvalue weighted by Gasteiger charge is -2.21. The van der Waals surface area contributed by atoms with Gasteiger partial charge in [0.25, 0.3) is 0 Å². The van der Waals surface area contributed by atoms with E-state index in [0.29, 0.717) is 6.04 Å². The molecule has 1 N–H and O–H groups in total. The molecular formula is C12H20N2S2. The number of nitrogens with zero attached hydrogens (tertiary/aromatic N) is 1. The summed E-state index contributed by atoms with van der Waals surface area (Å²) in [6, 6.07) is 0.489. The third kappa shape index (κ3) is 3.47. The molecule has 0 saturated carbocycles. The average Bonchev–Trinajstić information content (AvgIpc) is 2.76. The van der Waals surface area contributed by atoms with Crippen molar-refractivity contribution in [3.05, 3.63) is 16.1 Å². The van der Waals surface area contributed by atoms with Crippen molar-refractivity contribution in [3.63, 3.8) is 0 Å². The molecule has 1 aliphatic rings. The van der Waals surface area contributed by atoms with Crippen LogP contribution in [0, 0.1) is 5.92 Å². The molecule has 90 valence electrons. The highest BCUT2D eigenvalue weighted by molar-refractivity contribution is 7.99. The van der Waals surface area contributed by atoms with Gasteiger partial charge in [-0.1, -0.05) is 13.8 Å². The van der Waals surface area contributed by atoms with E-state index in [9.17, 15) is 0 Å². The quantitative estimate of drug-likeness (QED) is 0.896. The largest absolute Gasteiger partial charge is 0.307 e. The van der Waals surface area contributed by atoms with Gasteiger partial charge >= 0.3 is 0 Å². The molecule has 1 unspecified atom stereocenters. The number of nitrogens with one attached hydrogen (secondary N) is 1. The summed E-state index contributed by atoms with van der Waals surface area (Å²) in [5.74, 6) is 3.18. The first kappa shape index (κ1) is 12.4. The van der Waals surface area contributed by atoms with Crippen LogP contribution in [0.2, 0.25) is 0 Å². The fourth-order valence-corrected chi connectivity index (χ4v) is 3.59. The summed E-state index contributed by atoms with van der Waals surface area (Å²) >= 11 is 3.85. The van der Waals surface area contributed by atoms with Crippen molar-refractivity contribution >= 4 is 23.1 Å². The molecule has 0 radical (unpaired) electrons. The number of hydrogen-bond donors (Lipinski definition) is 1. The first-order chi connectivity index (χ1) is 7.75. The van der Waals surface area contributed by atoms with Gasteiger partial charge in [-0.05, 0) is 18.8 Å². The van der Waals surface area contributed by atoms with Crippen molar-refractivity contribution in [1.82, 2.24) is 10.3 Å². The summed E-state index contributed by atoms with van der Waals surface area (Å²) in [5.41, 5.74) is 1.26. The Balaban J connectivity index is 1.90. The van der Waals surface area contributed by atoms with Crippen LogP contribution in [0.1, 0.15) is 37.0 Å². The Morgan fingerprint density at radius 3 is 3.12 bits per heavy atom. The highest BCUT2D eigenvalue weighted by Gasteiger charge is 2.17. The summed E-state index contributed by atoms with van der Waals surface area (Å²) in [4.78, 5) is 4.75. The average molecular weight is 256 g/mol. The fraction of sp³-hybridized carbons (Fsp3) is 0.750. The van der Waals surface area contributed by atoms with Crippen molar-refractivity contribution < 1.29 is 0 Å². The molecule has 4 heteroatoms. The van der Waals surface area contributed by atoms with Gasteiger partial charge in [0.15, 0.2) is 0 Å². The maximum atomic E-state index is 4.75. The first-order valence-corrected chi connectivity index (χ1v) is 8.04. The summed E-state index contributed by atoms with van der Waals surface area (Å²) in [5, 5.41) is 7.08. The molecule has 0 amide bonds. The predicted octanol–water partition coefficient (Wildman–Crippen LogP) is 3.11. The smallest absolute Gasteiger partial charge is 0.0929 e. The van der Waals surface area contributed by atoms with Gasteiger partial charge in [0.1, 0.15) is 0 Å². The predicted molar refractivity (Wildman–Crippen MR) is 73.3 cm³/mol. The Labute approximate surface area is 106 Å². The molecule has 1 aromatic rings. The minimum atomic E-state index is 0.489. The van der Waals surface area contributed by atoms with E-state index in [2.05, 4.69) is 24.5 Å². The number of rotatable bonds is 4. The molecular weight excluding hydrogens is 236 g/mol. The second-order valence-corrected chi connectivity index (χ2v) is 6.77. The lowest BCUT2D eigenvalue weighted by molar-refractivity contribution is 0.571. The maximum Gasteiger partial charge on any atom is 0.0929 e. The third-order valence-corrected chi connectivity index (χ3v) is 4.77. The minimum absolute atomic E-state index is 0.489. The normalized spacial score (nSPS) is 21.6. The second-order valence-electron chi connectivity index (χ2n) is 4.68. The molecule has 0 aromatic carbocycles. The lowest BCUT2D eigenvalue weighted by atomic mass is 10.1. The second kappa shape index (κ2) is 6.03. The van der Waals surface area contributed by atoms with E-state index in [-0.39, 0.29) is 0 Å². The molecule has 1 saturated heterocycles. The fourth-order valence-electron chi connectivity index (χ4n) is 1.77. The van der Waals surface area contributed by atoms with Crippen LogP contribution in [0.25, 0.3) is 0 Å². The van der Waals surface area contributed by atoms with Crippen LogP contribution in [0.3, 0.4) is 0 Å². The maximum absolute atomic E-state index is 4.75. The molecule has 2 heterocycles. The van der Waals surface area contributed by atoms with Crippen LogP contribution in [0.5, 0.6) is 0 Å². The summed E-state index contributed by atoms with van der Waals surface area (Å²) in [7, 11) is 0. The number of aryl methyl sites for hydroxylation is 1. The molecule has 2 rings (SSSR count). The third-order valence-electron chi connectivity index (χ3n) is 2.78. The van der Waals surface area contributed by atoms with Crippen LogP contribution in [0.15, 0.2) is 5.38 Å². The van der Waals surface area contributed by atoms with Crippen molar-refractivity contribution in [2.45, 2.75) is 32.7 Å². The van der Waals surface area contributed by atoms with Gasteiger partial charge in [0, 0.05) is 23.4 Å². The Bertz CT molecular complexity index is 317. The molecule has 1 aliphatic heterocycles. The number of aromatic nitrogens is 1. The van der Waals surface area contributed by atoms with Gasteiger partial charge in [-0.3, -0.25) is 0 Å². The van der Waals surface area contributed by atoms with Crippen LogP contribution < -0.4 is 5.32 Å². The van der Waals surface area contributed by atoms with Crippen LogP contribution >= 0.6 is 23.1 Å². The zero-order chi connectivity index (χ0) is 11.4. The van der Waals surface area contributed by atoms with Crippen molar-refractivity contribution in [2.24, 2.45) is 5.92 Å². The van der Waals surface area contributed by atoms with E-state index in [0.717, 1.165) is 18.9 Å². The summed E-state index contributed by atoms with van der Waals surface area (Å²) in [6.45, 7) is 5.66. The van der Waals surface area contributed by atoms with Gasteiger partial charge in [-0.15, -0.1) is 11.3 Å². The van der Waals surface area contributed by atoms with Crippen LogP contribution in [-0.4, -0.2) is 23.0 Å². The molecule has 0 spiro atoms. The number of thiazole rings is 1. The Hall–Kier alpha value is -0.0600. The first-order valence-electron chi connectivity index (χ1n) is 6.01. The van der Waals surface area contributed by atoms with Gasteiger partial charge in [-0.2, -0.15) is 11.8 Å². The van der Waals surface area contributed by atoms with Crippen LogP contribution in [0.4, 0.5) is 0 Å². The Morgan fingerprint density at radius 1 is 1.56 bits per heavy atom. The zero-order valence-electron chi connectivity index (χ0n) is 10.0. The Kier molecular flexibility index (Phi) is 4.67. The monoisotopic (exact) mass is 256 g/mol. The van der Waals surface area contributed by atoms with Crippen LogP contribution in [-0.2, 0) is 6.42 Å². The van der Waals surface area contributed by atoms with Gasteiger partial charge < -0.3 is 5.32 Å². The van der Waals surface area contributed by atoms with E-state index in [1.54, 1.807) is 0 Å². The van der Waals surface area contributed by atoms with Gasteiger partial charge in [-0.25, -0.2) is 4.98 Å². The lowest BCUT2D eigenvalue weighted by Crippen LogP contribution is -2.30. The van der Waals surface area contributed by atoms with E-state index in [4.69, 9.17) is 4.98 Å². The van der Waals surface area contributed by atoms with E-state index < -0.39 is 0 Å². The van der Waals surface area contributed by atoms with E-state index in [1.165, 1.54) is 28.6 Å². The van der Waals surface area contributed by atoms with Crippen molar-refractivity contribution in [1.29, 1.82) is 0 Å². The molecule has 1 aromatic heterocycles. The molecule has 1 atom stereocenters.